The summed E-state index contributed by atoms with van der Waals surface area (Å²) in [5, 5.41) is 4.37. The molecule has 24 heavy (non-hydrogen) atoms. The molecule has 0 bridgehead atoms. The third kappa shape index (κ3) is 2.42. The minimum absolute atomic E-state index is 0.578. The van der Waals surface area contributed by atoms with Crippen LogP contribution in [0.3, 0.4) is 0 Å². The van der Waals surface area contributed by atoms with Crippen LogP contribution in [-0.4, -0.2) is 26.6 Å². The number of hydrogen-bond donors (Lipinski definition) is 1. The molecule has 120 valence electrons. The fraction of sp³-hybridized carbons (Fsp3) is 0.167. The smallest absolute Gasteiger partial charge is 0.137 e. The molecule has 6 nitrogen and oxygen atoms in total. The first kappa shape index (κ1) is 14.4. The summed E-state index contributed by atoms with van der Waals surface area (Å²) in [6.45, 7) is 0.578. The lowest BCUT2D eigenvalue weighted by Crippen LogP contribution is -2.07. The lowest BCUT2D eigenvalue weighted by atomic mass is 10.2. The summed E-state index contributed by atoms with van der Waals surface area (Å²) in [5.41, 5.74) is 2.91. The summed E-state index contributed by atoms with van der Waals surface area (Å²) in [5.74, 6) is 2.55. The van der Waals surface area contributed by atoms with Gasteiger partial charge in [-0.2, -0.15) is 0 Å². The molecule has 0 saturated carbocycles. The van der Waals surface area contributed by atoms with E-state index in [1.54, 1.807) is 13.4 Å². The number of ether oxygens (including phenoxy) is 1. The number of rotatable bonds is 4. The van der Waals surface area contributed by atoms with Crippen LogP contribution in [-0.2, 0) is 13.6 Å². The minimum atomic E-state index is 0.578. The first-order valence-corrected chi connectivity index (χ1v) is 7.69. The Kier molecular flexibility index (Phi) is 3.49. The molecular weight excluding hydrogens is 302 g/mol. The molecule has 2 aromatic carbocycles. The monoisotopic (exact) mass is 319 g/mol. The van der Waals surface area contributed by atoms with Gasteiger partial charge in [-0.05, 0) is 24.3 Å². The first-order chi connectivity index (χ1) is 11.8. The molecule has 0 aliphatic heterocycles. The summed E-state index contributed by atoms with van der Waals surface area (Å²) in [7, 11) is 3.67. The number of para-hydroxylation sites is 1. The van der Waals surface area contributed by atoms with E-state index in [-0.39, 0.29) is 0 Å². The number of hydrogen-bond acceptors (Lipinski definition) is 5. The van der Waals surface area contributed by atoms with E-state index in [4.69, 9.17) is 9.72 Å². The van der Waals surface area contributed by atoms with Gasteiger partial charge in [-0.1, -0.05) is 12.1 Å². The predicted molar refractivity (Wildman–Crippen MR) is 94.1 cm³/mol. The minimum Gasteiger partial charge on any atom is -0.497 e. The van der Waals surface area contributed by atoms with E-state index in [0.29, 0.717) is 6.54 Å². The van der Waals surface area contributed by atoms with E-state index in [1.807, 2.05) is 49.5 Å². The van der Waals surface area contributed by atoms with Gasteiger partial charge in [0.2, 0.25) is 0 Å². The van der Waals surface area contributed by atoms with E-state index < -0.39 is 0 Å². The number of nitrogens with one attached hydrogen (secondary N) is 1. The fourth-order valence-corrected chi connectivity index (χ4v) is 2.82. The molecule has 0 fully saturated rings. The molecule has 0 atom stereocenters. The average Bonchev–Trinajstić information content (AvgIpc) is 2.95. The highest BCUT2D eigenvalue weighted by molar-refractivity contribution is 5.88. The molecule has 4 aromatic rings. The van der Waals surface area contributed by atoms with Crippen LogP contribution >= 0.6 is 0 Å². The second-order valence-corrected chi connectivity index (χ2v) is 5.53. The molecule has 4 rings (SSSR count). The summed E-state index contributed by atoms with van der Waals surface area (Å²) >= 11 is 0. The Labute approximate surface area is 139 Å². The van der Waals surface area contributed by atoms with Gasteiger partial charge in [-0.15, -0.1) is 0 Å². The van der Waals surface area contributed by atoms with E-state index >= 15 is 0 Å². The molecule has 0 amide bonds. The van der Waals surface area contributed by atoms with Crippen LogP contribution in [0.2, 0.25) is 0 Å². The van der Waals surface area contributed by atoms with Gasteiger partial charge in [-0.3, -0.25) is 0 Å². The number of anilines is 1. The summed E-state index contributed by atoms with van der Waals surface area (Å²) in [4.78, 5) is 13.3. The van der Waals surface area contributed by atoms with E-state index in [1.165, 1.54) is 0 Å². The predicted octanol–water partition coefficient (Wildman–Crippen LogP) is 3.14. The van der Waals surface area contributed by atoms with Gasteiger partial charge in [0, 0.05) is 18.5 Å². The Bertz CT molecular complexity index is 1020. The Morgan fingerprint density at radius 1 is 1.08 bits per heavy atom. The molecule has 0 unspecified atom stereocenters. The van der Waals surface area contributed by atoms with Crippen molar-refractivity contribution in [2.75, 3.05) is 12.4 Å². The van der Waals surface area contributed by atoms with Crippen molar-refractivity contribution < 1.29 is 4.74 Å². The van der Waals surface area contributed by atoms with Crippen molar-refractivity contribution in [3.63, 3.8) is 0 Å². The molecule has 0 spiro atoms. The molecule has 6 heteroatoms. The largest absolute Gasteiger partial charge is 0.497 e. The van der Waals surface area contributed by atoms with Gasteiger partial charge in [0.1, 0.15) is 23.7 Å². The van der Waals surface area contributed by atoms with Gasteiger partial charge in [0.15, 0.2) is 0 Å². The maximum Gasteiger partial charge on any atom is 0.137 e. The van der Waals surface area contributed by atoms with Crippen molar-refractivity contribution in [2.45, 2.75) is 6.54 Å². The van der Waals surface area contributed by atoms with Crippen molar-refractivity contribution in [3.8, 4) is 5.75 Å². The molecule has 0 aliphatic rings. The van der Waals surface area contributed by atoms with Crippen LogP contribution in [0, 0.1) is 0 Å². The molecule has 2 heterocycles. The average molecular weight is 319 g/mol. The highest BCUT2D eigenvalue weighted by atomic mass is 16.5. The number of methoxy groups -OCH3 is 1. The number of aromatic nitrogens is 4. The van der Waals surface area contributed by atoms with Crippen LogP contribution < -0.4 is 10.1 Å². The number of benzene rings is 2. The molecular formula is C18H17N5O. The van der Waals surface area contributed by atoms with E-state index in [2.05, 4.69) is 19.9 Å². The van der Waals surface area contributed by atoms with Crippen LogP contribution in [0.1, 0.15) is 5.82 Å². The normalized spacial score (nSPS) is 11.1. The maximum absolute atomic E-state index is 5.27. The van der Waals surface area contributed by atoms with Gasteiger partial charge in [0.05, 0.1) is 30.2 Å². The Balaban J connectivity index is 1.65. The maximum atomic E-state index is 5.27. The number of imidazole rings is 1. The van der Waals surface area contributed by atoms with E-state index in [0.717, 1.165) is 39.3 Å². The van der Waals surface area contributed by atoms with Crippen molar-refractivity contribution in [2.24, 2.45) is 7.05 Å². The highest BCUT2D eigenvalue weighted by Crippen LogP contribution is 2.22. The molecule has 1 N–H and O–H groups in total. The van der Waals surface area contributed by atoms with Crippen molar-refractivity contribution in [1.29, 1.82) is 0 Å². The lowest BCUT2D eigenvalue weighted by molar-refractivity contribution is 0.415. The second kappa shape index (κ2) is 5.81. The van der Waals surface area contributed by atoms with Gasteiger partial charge >= 0.3 is 0 Å². The third-order valence-electron chi connectivity index (χ3n) is 4.14. The van der Waals surface area contributed by atoms with Crippen molar-refractivity contribution in [1.82, 2.24) is 19.5 Å². The van der Waals surface area contributed by atoms with Crippen LogP contribution in [0.5, 0.6) is 5.75 Å². The Morgan fingerprint density at radius 3 is 2.83 bits per heavy atom. The molecule has 0 saturated heterocycles. The second-order valence-electron chi connectivity index (χ2n) is 5.53. The third-order valence-corrected chi connectivity index (χ3v) is 4.14. The zero-order valence-electron chi connectivity index (χ0n) is 13.5. The summed E-state index contributed by atoms with van der Waals surface area (Å²) < 4.78 is 7.34. The molecule has 2 aromatic heterocycles. The highest BCUT2D eigenvalue weighted by Gasteiger charge is 2.10. The van der Waals surface area contributed by atoms with Crippen LogP contribution in [0.15, 0.2) is 48.8 Å². The van der Waals surface area contributed by atoms with Crippen LogP contribution in [0.25, 0.3) is 21.9 Å². The van der Waals surface area contributed by atoms with Crippen molar-refractivity contribution in [3.05, 3.63) is 54.6 Å². The van der Waals surface area contributed by atoms with Gasteiger partial charge in [-0.25, -0.2) is 15.0 Å². The quantitative estimate of drug-likeness (QED) is 0.626. The zero-order valence-corrected chi connectivity index (χ0v) is 13.5. The standard InChI is InChI=1S/C18H17N5O/c1-23-16-8-7-12(24-2)9-15(16)22-17(23)10-19-18-13-5-3-4-6-14(13)20-11-21-18/h3-9,11H,10H2,1-2H3,(H,19,20,21). The van der Waals surface area contributed by atoms with Gasteiger partial charge < -0.3 is 14.6 Å². The number of aryl methyl sites for hydroxylation is 1. The SMILES string of the molecule is COc1ccc2c(c1)nc(CNc1ncnc3ccccc13)n2C. The topological polar surface area (TPSA) is 64.9 Å². The molecule has 0 radical (unpaired) electrons. The number of nitrogens with zero attached hydrogens (tertiary/aromatic N) is 4. The Morgan fingerprint density at radius 2 is 1.96 bits per heavy atom. The van der Waals surface area contributed by atoms with Crippen molar-refractivity contribution >= 4 is 27.8 Å². The van der Waals surface area contributed by atoms with E-state index in [9.17, 15) is 0 Å². The van der Waals surface area contributed by atoms with Crippen LogP contribution in [0.4, 0.5) is 5.82 Å². The fourth-order valence-electron chi connectivity index (χ4n) is 2.82. The molecule has 0 aliphatic carbocycles. The zero-order chi connectivity index (χ0) is 16.5. The number of fused-ring (bicyclic) bond motifs is 2. The van der Waals surface area contributed by atoms with Gasteiger partial charge in [0.25, 0.3) is 0 Å². The summed E-state index contributed by atoms with van der Waals surface area (Å²) in [6.07, 6.45) is 1.57. The first-order valence-electron chi connectivity index (χ1n) is 7.69. The Hall–Kier alpha value is -3.15. The summed E-state index contributed by atoms with van der Waals surface area (Å²) in [6, 6.07) is 13.8. The lowest BCUT2D eigenvalue weighted by Gasteiger charge is -2.08.